The Bertz CT molecular complexity index is 1470. The lowest BCUT2D eigenvalue weighted by molar-refractivity contribution is 0.161. The van der Waals surface area contributed by atoms with E-state index in [-0.39, 0.29) is 5.43 Å². The minimum absolute atomic E-state index is 0.0529. The Morgan fingerprint density at radius 2 is 1.29 bits per heavy atom. The van der Waals surface area contributed by atoms with E-state index in [1.165, 1.54) is 0 Å². The number of fused-ring (bicyclic) bond motifs is 4. The molecule has 0 unspecified atom stereocenters. The molecule has 0 spiro atoms. The van der Waals surface area contributed by atoms with Crippen LogP contribution in [-0.2, 0) is 5.60 Å². The Kier molecular flexibility index (Phi) is 3.84. The second kappa shape index (κ2) is 6.71. The maximum atomic E-state index is 13.1. The van der Waals surface area contributed by atoms with Gasteiger partial charge in [-0.1, -0.05) is 84.9 Å². The minimum Gasteiger partial charge on any atom is -0.469 e. The molecule has 0 aliphatic carbocycles. The van der Waals surface area contributed by atoms with Gasteiger partial charge >= 0.3 is 0 Å². The van der Waals surface area contributed by atoms with Crippen LogP contribution in [0.15, 0.2) is 112 Å². The normalized spacial score (nSPS) is 14.3. The van der Waals surface area contributed by atoms with Gasteiger partial charge in [0.15, 0.2) is 16.9 Å². The maximum absolute atomic E-state index is 13.1. The van der Waals surface area contributed by atoms with Gasteiger partial charge in [0.1, 0.15) is 5.58 Å². The van der Waals surface area contributed by atoms with Crippen LogP contribution in [0.3, 0.4) is 0 Å². The lowest BCUT2D eigenvalue weighted by Crippen LogP contribution is -2.34. The summed E-state index contributed by atoms with van der Waals surface area (Å²) in [6.45, 7) is 0. The second-order valence-corrected chi connectivity index (χ2v) is 7.69. The van der Waals surface area contributed by atoms with E-state index >= 15 is 0 Å². The average molecular weight is 402 g/mol. The third-order valence-electron chi connectivity index (χ3n) is 5.90. The van der Waals surface area contributed by atoms with Crippen molar-refractivity contribution in [2.75, 3.05) is 0 Å². The fourth-order valence-corrected chi connectivity index (χ4v) is 4.34. The largest absolute Gasteiger partial charge is 0.469 e. The fraction of sp³-hybridized carbons (Fsp3) is 0.0357. The molecule has 0 fully saturated rings. The molecule has 0 amide bonds. The van der Waals surface area contributed by atoms with Crippen molar-refractivity contribution in [1.82, 2.24) is 0 Å². The van der Waals surface area contributed by atoms with Gasteiger partial charge in [-0.25, -0.2) is 0 Å². The summed E-state index contributed by atoms with van der Waals surface area (Å²) < 4.78 is 13.0. The summed E-state index contributed by atoms with van der Waals surface area (Å²) in [5.74, 6) is 0.579. The molecule has 1 aromatic heterocycles. The van der Waals surface area contributed by atoms with Crippen LogP contribution < -0.4 is 10.2 Å². The zero-order valence-electron chi connectivity index (χ0n) is 16.6. The molecule has 0 N–H and O–H groups in total. The Labute approximate surface area is 178 Å². The van der Waals surface area contributed by atoms with Crippen LogP contribution in [-0.4, -0.2) is 0 Å². The first-order chi connectivity index (χ1) is 15.3. The highest BCUT2D eigenvalue weighted by Crippen LogP contribution is 2.44. The van der Waals surface area contributed by atoms with Crippen molar-refractivity contribution in [3.63, 3.8) is 0 Å². The van der Waals surface area contributed by atoms with Gasteiger partial charge in [0.05, 0.1) is 10.8 Å². The molecule has 5 aromatic rings. The Balaban J connectivity index is 1.66. The quantitative estimate of drug-likeness (QED) is 0.326. The van der Waals surface area contributed by atoms with E-state index < -0.39 is 5.60 Å². The molecule has 3 heteroatoms. The standard InChI is InChI=1S/C28H18O3/c29-25-22-13-7-8-14-24(22)30-27-23(25)16-15-19-17-18-28(31-26(19)27,20-9-3-1-4-10-20)21-11-5-2-6-12-21/h1-18H. The first-order valence-corrected chi connectivity index (χ1v) is 10.2. The van der Waals surface area contributed by atoms with E-state index in [1.807, 2.05) is 72.8 Å². The molecule has 2 heterocycles. The van der Waals surface area contributed by atoms with Crippen molar-refractivity contribution in [3.05, 3.63) is 130 Å². The number of hydrogen-bond acceptors (Lipinski definition) is 3. The van der Waals surface area contributed by atoms with Crippen molar-refractivity contribution in [2.24, 2.45) is 0 Å². The summed E-state index contributed by atoms with van der Waals surface area (Å²) in [5.41, 5.74) is 3.04. The number of hydrogen-bond donors (Lipinski definition) is 0. The van der Waals surface area contributed by atoms with Crippen molar-refractivity contribution >= 4 is 28.0 Å². The molecular formula is C28H18O3. The maximum Gasteiger partial charge on any atom is 0.200 e. The van der Waals surface area contributed by atoms with E-state index in [9.17, 15) is 4.79 Å². The average Bonchev–Trinajstić information content (AvgIpc) is 2.85. The van der Waals surface area contributed by atoms with Crippen molar-refractivity contribution < 1.29 is 9.15 Å². The Morgan fingerprint density at radius 3 is 2.00 bits per heavy atom. The van der Waals surface area contributed by atoms with Crippen LogP contribution in [0.5, 0.6) is 5.75 Å². The first kappa shape index (κ1) is 17.7. The lowest BCUT2D eigenvalue weighted by Gasteiger charge is -2.36. The van der Waals surface area contributed by atoms with E-state index in [1.54, 1.807) is 6.07 Å². The van der Waals surface area contributed by atoms with Crippen LogP contribution in [0, 0.1) is 0 Å². The van der Waals surface area contributed by atoms with Crippen LogP contribution in [0.2, 0.25) is 0 Å². The van der Waals surface area contributed by atoms with E-state index in [2.05, 4.69) is 30.3 Å². The molecule has 6 rings (SSSR count). The van der Waals surface area contributed by atoms with Gasteiger partial charge in [0.25, 0.3) is 0 Å². The summed E-state index contributed by atoms with van der Waals surface area (Å²) in [5, 5.41) is 1.08. The smallest absolute Gasteiger partial charge is 0.200 e. The van der Waals surface area contributed by atoms with E-state index in [4.69, 9.17) is 9.15 Å². The second-order valence-electron chi connectivity index (χ2n) is 7.69. The van der Waals surface area contributed by atoms with Gasteiger partial charge in [0, 0.05) is 16.7 Å². The topological polar surface area (TPSA) is 39.4 Å². The minimum atomic E-state index is -0.825. The SMILES string of the molecule is O=c1c2ccccc2oc2c3c(ccc12)C=CC(c1ccccc1)(c1ccccc1)O3. The van der Waals surface area contributed by atoms with Crippen LogP contribution in [0.4, 0.5) is 0 Å². The molecule has 1 aliphatic heterocycles. The molecule has 0 bridgehead atoms. The number of benzene rings is 4. The molecule has 31 heavy (non-hydrogen) atoms. The summed E-state index contributed by atoms with van der Waals surface area (Å²) in [4.78, 5) is 13.1. The van der Waals surface area contributed by atoms with Crippen LogP contribution >= 0.6 is 0 Å². The zero-order valence-corrected chi connectivity index (χ0v) is 16.6. The molecule has 0 atom stereocenters. The molecule has 4 aromatic carbocycles. The third-order valence-corrected chi connectivity index (χ3v) is 5.90. The van der Waals surface area contributed by atoms with E-state index in [0.717, 1.165) is 16.7 Å². The van der Waals surface area contributed by atoms with Gasteiger partial charge in [-0.15, -0.1) is 0 Å². The van der Waals surface area contributed by atoms with Crippen molar-refractivity contribution in [1.29, 1.82) is 0 Å². The summed E-state index contributed by atoms with van der Waals surface area (Å²) >= 11 is 0. The zero-order chi connectivity index (χ0) is 20.8. The molecule has 0 saturated heterocycles. The molecule has 148 valence electrons. The van der Waals surface area contributed by atoms with Gasteiger partial charge in [-0.2, -0.15) is 0 Å². The van der Waals surface area contributed by atoms with Gasteiger partial charge in [0.2, 0.25) is 5.43 Å². The van der Waals surface area contributed by atoms with Gasteiger partial charge < -0.3 is 9.15 Å². The highest BCUT2D eigenvalue weighted by Gasteiger charge is 2.38. The van der Waals surface area contributed by atoms with Crippen molar-refractivity contribution in [2.45, 2.75) is 5.60 Å². The van der Waals surface area contributed by atoms with E-state index in [0.29, 0.717) is 27.7 Å². The highest BCUT2D eigenvalue weighted by atomic mass is 16.5. The number of para-hydroxylation sites is 1. The molecule has 3 nitrogen and oxygen atoms in total. The molecule has 0 radical (unpaired) electrons. The monoisotopic (exact) mass is 402 g/mol. The number of ether oxygens (including phenoxy) is 1. The van der Waals surface area contributed by atoms with Crippen LogP contribution in [0.25, 0.3) is 28.0 Å². The lowest BCUT2D eigenvalue weighted by atomic mass is 9.83. The third kappa shape index (κ3) is 2.63. The fourth-order valence-electron chi connectivity index (χ4n) is 4.34. The summed E-state index contributed by atoms with van der Waals surface area (Å²) in [7, 11) is 0. The summed E-state index contributed by atoms with van der Waals surface area (Å²) in [6.07, 6.45) is 4.12. The predicted octanol–water partition coefficient (Wildman–Crippen LogP) is 6.30. The Hall–Kier alpha value is -4.11. The van der Waals surface area contributed by atoms with Gasteiger partial charge in [-0.3, -0.25) is 4.79 Å². The predicted molar refractivity (Wildman–Crippen MR) is 123 cm³/mol. The van der Waals surface area contributed by atoms with Crippen molar-refractivity contribution in [3.8, 4) is 5.75 Å². The van der Waals surface area contributed by atoms with Gasteiger partial charge in [-0.05, 0) is 24.3 Å². The Morgan fingerprint density at radius 1 is 0.645 bits per heavy atom. The summed E-state index contributed by atoms with van der Waals surface area (Å²) in [6, 6.07) is 31.3. The van der Waals surface area contributed by atoms with Crippen LogP contribution in [0.1, 0.15) is 16.7 Å². The molecule has 1 aliphatic rings. The molecule has 0 saturated carbocycles. The number of rotatable bonds is 2. The molecular weight excluding hydrogens is 384 g/mol. The first-order valence-electron chi connectivity index (χ1n) is 10.2. The highest BCUT2D eigenvalue weighted by molar-refractivity contribution is 5.94.